The lowest BCUT2D eigenvalue weighted by atomic mass is 9.90. The number of carboxylic acids is 1. The van der Waals surface area contributed by atoms with Gasteiger partial charge in [-0.1, -0.05) is 29.8 Å². The minimum atomic E-state index is -0.821. The van der Waals surface area contributed by atoms with Crippen molar-refractivity contribution in [1.29, 1.82) is 0 Å². The SMILES string of the molecule is CC1(C(=O)O)CCN(C(=O)C2(Cc3ccccc3Cl)CC2)C1. The Kier molecular flexibility index (Phi) is 3.68. The summed E-state index contributed by atoms with van der Waals surface area (Å²) in [6.45, 7) is 2.56. The molecule has 0 spiro atoms. The second-order valence-corrected chi connectivity index (χ2v) is 7.30. The smallest absolute Gasteiger partial charge is 0.311 e. The van der Waals surface area contributed by atoms with Crippen LogP contribution >= 0.6 is 11.6 Å². The van der Waals surface area contributed by atoms with Crippen LogP contribution in [0.1, 0.15) is 31.7 Å². The minimum absolute atomic E-state index is 0.0948. The summed E-state index contributed by atoms with van der Waals surface area (Å²) >= 11 is 6.21. The van der Waals surface area contributed by atoms with Gasteiger partial charge in [0, 0.05) is 18.1 Å². The average molecular weight is 322 g/mol. The van der Waals surface area contributed by atoms with E-state index in [4.69, 9.17) is 11.6 Å². The fourth-order valence-electron chi connectivity index (χ4n) is 3.27. The molecule has 1 saturated heterocycles. The first kappa shape index (κ1) is 15.3. The molecule has 1 aromatic rings. The van der Waals surface area contributed by atoms with E-state index in [1.54, 1.807) is 11.8 Å². The molecule has 0 radical (unpaired) electrons. The van der Waals surface area contributed by atoms with Crippen molar-refractivity contribution < 1.29 is 14.7 Å². The first-order valence-corrected chi connectivity index (χ1v) is 8.00. The third-order valence-corrected chi connectivity index (χ3v) is 5.44. The van der Waals surface area contributed by atoms with E-state index >= 15 is 0 Å². The van der Waals surface area contributed by atoms with Crippen LogP contribution in [-0.2, 0) is 16.0 Å². The number of likely N-dealkylation sites (tertiary alicyclic amines) is 1. The Morgan fingerprint density at radius 3 is 2.50 bits per heavy atom. The van der Waals surface area contributed by atoms with E-state index < -0.39 is 11.4 Å². The molecule has 3 rings (SSSR count). The highest BCUT2D eigenvalue weighted by atomic mass is 35.5. The van der Waals surface area contributed by atoms with E-state index in [-0.39, 0.29) is 11.3 Å². The lowest BCUT2D eigenvalue weighted by Gasteiger charge is -2.25. The van der Waals surface area contributed by atoms with Crippen LogP contribution in [0.4, 0.5) is 0 Å². The molecule has 1 saturated carbocycles. The minimum Gasteiger partial charge on any atom is -0.481 e. The average Bonchev–Trinajstić information content (AvgIpc) is 3.15. The molecule has 1 heterocycles. The number of benzene rings is 1. The molecular formula is C17H20ClNO3. The molecule has 1 aliphatic carbocycles. The molecule has 1 amide bonds. The Bertz CT molecular complexity index is 626. The molecule has 1 atom stereocenters. The number of rotatable bonds is 4. The second kappa shape index (κ2) is 5.27. The van der Waals surface area contributed by atoms with Crippen LogP contribution in [0.15, 0.2) is 24.3 Å². The zero-order valence-electron chi connectivity index (χ0n) is 12.6. The number of aliphatic carboxylic acids is 1. The van der Waals surface area contributed by atoms with E-state index in [2.05, 4.69) is 0 Å². The summed E-state index contributed by atoms with van der Waals surface area (Å²) in [4.78, 5) is 25.9. The van der Waals surface area contributed by atoms with E-state index in [9.17, 15) is 14.7 Å². The van der Waals surface area contributed by atoms with Gasteiger partial charge >= 0.3 is 5.97 Å². The van der Waals surface area contributed by atoms with E-state index in [0.29, 0.717) is 31.0 Å². The van der Waals surface area contributed by atoms with Crippen LogP contribution in [0.5, 0.6) is 0 Å². The molecule has 1 N–H and O–H groups in total. The van der Waals surface area contributed by atoms with Crippen molar-refractivity contribution in [2.45, 2.75) is 32.6 Å². The van der Waals surface area contributed by atoms with E-state index in [1.807, 2.05) is 24.3 Å². The number of halogens is 1. The molecule has 5 heteroatoms. The number of amides is 1. The molecule has 1 unspecified atom stereocenters. The highest BCUT2D eigenvalue weighted by Gasteiger charge is 2.54. The molecule has 2 aliphatic rings. The fraction of sp³-hybridized carbons (Fsp3) is 0.529. The van der Waals surface area contributed by atoms with E-state index in [0.717, 1.165) is 18.4 Å². The molecular weight excluding hydrogens is 302 g/mol. The second-order valence-electron chi connectivity index (χ2n) is 6.89. The monoisotopic (exact) mass is 321 g/mol. The Morgan fingerprint density at radius 1 is 1.27 bits per heavy atom. The molecule has 0 aromatic heterocycles. The third-order valence-electron chi connectivity index (χ3n) is 5.07. The number of hydrogen-bond acceptors (Lipinski definition) is 2. The Morgan fingerprint density at radius 2 is 1.95 bits per heavy atom. The van der Waals surface area contributed by atoms with Gasteiger partial charge in [-0.25, -0.2) is 0 Å². The summed E-state index contributed by atoms with van der Waals surface area (Å²) in [5, 5.41) is 10.00. The fourth-order valence-corrected chi connectivity index (χ4v) is 3.47. The number of carbonyl (C=O) groups excluding carboxylic acids is 1. The van der Waals surface area contributed by atoms with Crippen molar-refractivity contribution in [3.05, 3.63) is 34.9 Å². The Hall–Kier alpha value is -1.55. The normalized spacial score (nSPS) is 26.0. The number of carbonyl (C=O) groups is 2. The lowest BCUT2D eigenvalue weighted by Crippen LogP contribution is -2.39. The van der Waals surface area contributed by atoms with Crippen LogP contribution < -0.4 is 0 Å². The van der Waals surface area contributed by atoms with Gasteiger partial charge in [0.15, 0.2) is 0 Å². The highest BCUT2D eigenvalue weighted by molar-refractivity contribution is 6.31. The first-order valence-electron chi connectivity index (χ1n) is 7.63. The van der Waals surface area contributed by atoms with Gasteiger partial charge in [-0.2, -0.15) is 0 Å². The van der Waals surface area contributed by atoms with Gasteiger partial charge in [0.25, 0.3) is 0 Å². The van der Waals surface area contributed by atoms with Crippen molar-refractivity contribution in [3.63, 3.8) is 0 Å². The van der Waals surface area contributed by atoms with Gasteiger partial charge in [0.2, 0.25) is 5.91 Å². The standard InChI is InChI=1S/C17H20ClNO3/c1-16(15(21)22)8-9-19(11-16)14(20)17(6-7-17)10-12-4-2-3-5-13(12)18/h2-5H,6-11H2,1H3,(H,21,22). The van der Waals surface area contributed by atoms with E-state index in [1.165, 1.54) is 0 Å². The third kappa shape index (κ3) is 2.60. The van der Waals surface area contributed by atoms with Crippen molar-refractivity contribution in [2.24, 2.45) is 10.8 Å². The predicted molar refractivity (Wildman–Crippen MR) is 83.8 cm³/mol. The van der Waals surface area contributed by atoms with Gasteiger partial charge in [0.1, 0.15) is 0 Å². The molecule has 118 valence electrons. The van der Waals surface area contributed by atoms with Gasteiger partial charge < -0.3 is 10.0 Å². The maximum absolute atomic E-state index is 12.8. The Balaban J connectivity index is 1.73. The van der Waals surface area contributed by atoms with Crippen molar-refractivity contribution in [2.75, 3.05) is 13.1 Å². The number of hydrogen-bond donors (Lipinski definition) is 1. The van der Waals surface area contributed by atoms with Gasteiger partial charge in [0.05, 0.1) is 10.8 Å². The van der Waals surface area contributed by atoms with Gasteiger partial charge in [-0.05, 0) is 44.2 Å². The summed E-state index contributed by atoms with van der Waals surface area (Å²) in [6.07, 6.45) is 2.89. The quantitative estimate of drug-likeness (QED) is 0.927. The zero-order chi connectivity index (χ0) is 16.0. The molecule has 0 bridgehead atoms. The first-order chi connectivity index (χ1) is 10.4. The Labute approximate surface area is 135 Å². The summed E-state index contributed by atoms with van der Waals surface area (Å²) in [5.41, 5.74) is -0.180. The molecule has 22 heavy (non-hydrogen) atoms. The summed E-state index contributed by atoms with van der Waals surface area (Å²) in [5.74, 6) is -0.726. The maximum atomic E-state index is 12.8. The summed E-state index contributed by atoms with van der Waals surface area (Å²) < 4.78 is 0. The van der Waals surface area contributed by atoms with Crippen LogP contribution in [0, 0.1) is 10.8 Å². The summed E-state index contributed by atoms with van der Waals surface area (Å²) in [6, 6.07) is 7.61. The lowest BCUT2D eigenvalue weighted by molar-refractivity contribution is -0.147. The van der Waals surface area contributed by atoms with Crippen molar-refractivity contribution in [1.82, 2.24) is 4.90 Å². The summed E-state index contributed by atoms with van der Waals surface area (Å²) in [7, 11) is 0. The number of carboxylic acid groups (broad SMARTS) is 1. The van der Waals surface area contributed by atoms with Crippen molar-refractivity contribution in [3.8, 4) is 0 Å². The number of nitrogens with zero attached hydrogens (tertiary/aromatic N) is 1. The molecule has 1 aliphatic heterocycles. The largest absolute Gasteiger partial charge is 0.481 e. The topological polar surface area (TPSA) is 57.6 Å². The van der Waals surface area contributed by atoms with Crippen LogP contribution in [-0.4, -0.2) is 35.0 Å². The van der Waals surface area contributed by atoms with Crippen LogP contribution in [0.25, 0.3) is 0 Å². The van der Waals surface area contributed by atoms with Gasteiger partial charge in [-0.3, -0.25) is 9.59 Å². The molecule has 2 fully saturated rings. The predicted octanol–water partition coefficient (Wildman–Crippen LogP) is 2.99. The van der Waals surface area contributed by atoms with Gasteiger partial charge in [-0.15, -0.1) is 0 Å². The maximum Gasteiger partial charge on any atom is 0.311 e. The van der Waals surface area contributed by atoms with Crippen LogP contribution in [0.3, 0.4) is 0 Å². The van der Waals surface area contributed by atoms with Crippen molar-refractivity contribution >= 4 is 23.5 Å². The molecule has 1 aromatic carbocycles. The zero-order valence-corrected chi connectivity index (χ0v) is 13.4. The van der Waals surface area contributed by atoms with Crippen LogP contribution in [0.2, 0.25) is 5.02 Å². The molecule has 4 nitrogen and oxygen atoms in total. The highest BCUT2D eigenvalue weighted by Crippen LogP contribution is 2.51.